The minimum atomic E-state index is -0.486. The molecule has 2 aromatic rings. The zero-order valence-corrected chi connectivity index (χ0v) is 13.4. The van der Waals surface area contributed by atoms with E-state index in [0.29, 0.717) is 11.6 Å². The first-order chi connectivity index (χ1) is 10.0. The first-order valence-corrected chi connectivity index (χ1v) is 7.55. The van der Waals surface area contributed by atoms with Crippen molar-refractivity contribution in [2.24, 2.45) is 5.73 Å². The van der Waals surface area contributed by atoms with Gasteiger partial charge in [-0.05, 0) is 47.0 Å². The zero-order valence-electron chi connectivity index (χ0n) is 11.0. The molecule has 1 aliphatic rings. The van der Waals surface area contributed by atoms with Gasteiger partial charge in [0.1, 0.15) is 0 Å². The molecular weight excluding hydrogens is 352 g/mol. The van der Waals surface area contributed by atoms with E-state index in [0.717, 1.165) is 26.9 Å². The molecule has 1 aliphatic heterocycles. The van der Waals surface area contributed by atoms with Crippen LogP contribution in [0.15, 0.2) is 40.9 Å². The van der Waals surface area contributed by atoms with Crippen molar-refractivity contribution >= 4 is 51.4 Å². The first-order valence-electron chi connectivity index (χ1n) is 6.37. The van der Waals surface area contributed by atoms with Gasteiger partial charge in [-0.1, -0.05) is 45.7 Å². The van der Waals surface area contributed by atoms with Crippen molar-refractivity contribution in [3.63, 3.8) is 0 Å². The molecule has 2 aromatic carbocycles. The molecule has 0 radical (unpaired) electrons. The molecular formula is C16H12BrClN2O. The van der Waals surface area contributed by atoms with Crippen LogP contribution in [0.2, 0.25) is 5.02 Å². The van der Waals surface area contributed by atoms with Gasteiger partial charge in [0, 0.05) is 9.50 Å². The second-order valence-electron chi connectivity index (χ2n) is 4.80. The van der Waals surface area contributed by atoms with Crippen LogP contribution in [0.5, 0.6) is 0 Å². The Balaban J connectivity index is 2.21. The van der Waals surface area contributed by atoms with Crippen molar-refractivity contribution in [2.45, 2.75) is 6.54 Å². The number of fused-ring (bicyclic) bond motifs is 2. The summed E-state index contributed by atoms with van der Waals surface area (Å²) in [6.45, 7) is 0.420. The van der Waals surface area contributed by atoms with Gasteiger partial charge in [0.15, 0.2) is 0 Å². The van der Waals surface area contributed by atoms with Gasteiger partial charge in [0.25, 0.3) is 0 Å². The number of hydrogen-bond acceptors (Lipinski definition) is 1. The fourth-order valence-electron chi connectivity index (χ4n) is 2.41. The van der Waals surface area contributed by atoms with Gasteiger partial charge < -0.3 is 5.73 Å². The second-order valence-corrected chi connectivity index (χ2v) is 6.16. The Labute approximate surface area is 136 Å². The van der Waals surface area contributed by atoms with Gasteiger partial charge in [-0.25, -0.2) is 4.79 Å². The second kappa shape index (κ2) is 5.54. The van der Waals surface area contributed by atoms with Crippen molar-refractivity contribution in [1.82, 2.24) is 0 Å². The Bertz CT molecular complexity index is 758. The van der Waals surface area contributed by atoms with E-state index in [1.807, 2.05) is 42.5 Å². The molecule has 3 rings (SSSR count). The number of rotatable bonds is 0. The van der Waals surface area contributed by atoms with Gasteiger partial charge in [0.2, 0.25) is 0 Å². The average Bonchev–Trinajstić information content (AvgIpc) is 2.42. The lowest BCUT2D eigenvalue weighted by molar-refractivity contribution is 0.253. The Morgan fingerprint density at radius 2 is 1.90 bits per heavy atom. The van der Waals surface area contributed by atoms with E-state index < -0.39 is 6.03 Å². The van der Waals surface area contributed by atoms with Gasteiger partial charge in [-0.3, -0.25) is 4.90 Å². The molecule has 106 valence electrons. The molecule has 0 atom stereocenters. The number of urea groups is 1. The summed E-state index contributed by atoms with van der Waals surface area (Å²) in [7, 11) is 0. The number of amides is 2. The van der Waals surface area contributed by atoms with Gasteiger partial charge >= 0.3 is 6.03 Å². The summed E-state index contributed by atoms with van der Waals surface area (Å²) in [4.78, 5) is 13.4. The summed E-state index contributed by atoms with van der Waals surface area (Å²) in [6, 6.07) is 10.9. The van der Waals surface area contributed by atoms with Crippen LogP contribution in [0.4, 0.5) is 10.5 Å². The highest BCUT2D eigenvalue weighted by atomic mass is 79.9. The molecule has 0 fully saturated rings. The van der Waals surface area contributed by atoms with Crippen LogP contribution in [0.1, 0.15) is 16.7 Å². The number of primary amides is 1. The minimum Gasteiger partial charge on any atom is -0.351 e. The fourth-order valence-corrected chi connectivity index (χ4v) is 3.00. The predicted molar refractivity (Wildman–Crippen MR) is 90.3 cm³/mol. The van der Waals surface area contributed by atoms with Crippen LogP contribution < -0.4 is 10.6 Å². The number of benzene rings is 2. The van der Waals surface area contributed by atoms with Crippen molar-refractivity contribution in [2.75, 3.05) is 4.90 Å². The lowest BCUT2D eigenvalue weighted by Gasteiger charge is -2.25. The third-order valence-corrected chi connectivity index (χ3v) is 4.15. The average molecular weight is 364 g/mol. The molecule has 0 unspecified atom stereocenters. The zero-order chi connectivity index (χ0) is 15.0. The standard InChI is InChI=1S/C16H12BrClN2O/c17-13-4-3-10-1-2-11-8-14(18)5-6-15(11)20(16(19)21)9-12(10)7-13/h1-8H,9H2,(H2,19,21). The summed E-state index contributed by atoms with van der Waals surface area (Å²) in [5.41, 5.74) is 9.26. The summed E-state index contributed by atoms with van der Waals surface area (Å²) in [6.07, 6.45) is 3.97. The molecule has 0 saturated carbocycles. The highest BCUT2D eigenvalue weighted by Crippen LogP contribution is 2.31. The Morgan fingerprint density at radius 3 is 2.67 bits per heavy atom. The maximum Gasteiger partial charge on any atom is 0.319 e. The molecule has 21 heavy (non-hydrogen) atoms. The third kappa shape index (κ3) is 2.82. The van der Waals surface area contributed by atoms with Crippen LogP contribution in [0.3, 0.4) is 0 Å². The Kier molecular flexibility index (Phi) is 3.74. The lowest BCUT2D eigenvalue weighted by Crippen LogP contribution is -2.36. The molecule has 3 nitrogen and oxygen atoms in total. The van der Waals surface area contributed by atoms with Crippen LogP contribution in [-0.2, 0) is 6.54 Å². The van der Waals surface area contributed by atoms with Crippen LogP contribution in [-0.4, -0.2) is 6.03 Å². The highest BCUT2D eigenvalue weighted by molar-refractivity contribution is 9.10. The number of nitrogens with zero attached hydrogens (tertiary/aromatic N) is 1. The Morgan fingerprint density at radius 1 is 1.14 bits per heavy atom. The summed E-state index contributed by atoms with van der Waals surface area (Å²) in [5, 5.41) is 0.624. The predicted octanol–water partition coefficient (Wildman–Crippen LogP) is 4.67. The van der Waals surface area contributed by atoms with Gasteiger partial charge in [-0.15, -0.1) is 0 Å². The van der Waals surface area contributed by atoms with Crippen molar-refractivity contribution in [3.8, 4) is 0 Å². The number of carbonyl (C=O) groups excluding carboxylic acids is 1. The van der Waals surface area contributed by atoms with E-state index in [4.69, 9.17) is 17.3 Å². The largest absolute Gasteiger partial charge is 0.351 e. The number of carbonyl (C=O) groups is 1. The van der Waals surface area contributed by atoms with Crippen molar-refractivity contribution in [1.29, 1.82) is 0 Å². The molecule has 2 amide bonds. The van der Waals surface area contributed by atoms with Crippen LogP contribution in [0.25, 0.3) is 12.2 Å². The third-order valence-electron chi connectivity index (χ3n) is 3.42. The summed E-state index contributed by atoms with van der Waals surface area (Å²) < 4.78 is 0.968. The molecule has 0 aliphatic carbocycles. The van der Waals surface area contributed by atoms with Gasteiger partial charge in [-0.2, -0.15) is 0 Å². The normalized spacial score (nSPS) is 13.1. The maximum atomic E-state index is 11.8. The number of hydrogen-bond donors (Lipinski definition) is 1. The molecule has 1 heterocycles. The van der Waals surface area contributed by atoms with E-state index >= 15 is 0 Å². The maximum absolute atomic E-state index is 11.8. The topological polar surface area (TPSA) is 46.3 Å². The number of nitrogens with two attached hydrogens (primary N) is 1. The van der Waals surface area contributed by atoms with Crippen LogP contribution >= 0.6 is 27.5 Å². The highest BCUT2D eigenvalue weighted by Gasteiger charge is 2.19. The van der Waals surface area contributed by atoms with E-state index in [1.54, 1.807) is 11.0 Å². The van der Waals surface area contributed by atoms with Gasteiger partial charge in [0.05, 0.1) is 12.2 Å². The molecule has 0 spiro atoms. The molecule has 0 aromatic heterocycles. The quantitative estimate of drug-likeness (QED) is 0.726. The Hall–Kier alpha value is -1.78. The van der Waals surface area contributed by atoms with E-state index in [2.05, 4.69) is 15.9 Å². The summed E-state index contributed by atoms with van der Waals surface area (Å²) in [5.74, 6) is 0. The van der Waals surface area contributed by atoms with E-state index in [9.17, 15) is 4.79 Å². The van der Waals surface area contributed by atoms with E-state index in [1.165, 1.54) is 0 Å². The van der Waals surface area contributed by atoms with Crippen molar-refractivity contribution in [3.05, 3.63) is 62.6 Å². The van der Waals surface area contributed by atoms with E-state index in [-0.39, 0.29) is 0 Å². The molecule has 0 bridgehead atoms. The lowest BCUT2D eigenvalue weighted by atomic mass is 10.0. The minimum absolute atomic E-state index is 0.420. The van der Waals surface area contributed by atoms with Crippen LogP contribution in [0, 0.1) is 0 Å². The molecule has 2 N–H and O–H groups in total. The molecule has 5 heteroatoms. The SMILES string of the molecule is NC(=O)N1Cc2cc(Br)ccc2C=Cc2cc(Cl)ccc21. The number of halogens is 2. The monoisotopic (exact) mass is 362 g/mol. The van der Waals surface area contributed by atoms with Crippen molar-refractivity contribution < 1.29 is 4.79 Å². The number of anilines is 1. The first kappa shape index (κ1) is 14.2. The molecule has 0 saturated heterocycles. The fraction of sp³-hybridized carbons (Fsp3) is 0.0625. The smallest absolute Gasteiger partial charge is 0.319 e. The summed E-state index contributed by atoms with van der Waals surface area (Å²) >= 11 is 9.50.